The quantitative estimate of drug-likeness (QED) is 0.549. The van der Waals surface area contributed by atoms with Crippen molar-refractivity contribution in [3.63, 3.8) is 0 Å². The smallest absolute Gasteiger partial charge is 0.308 e. The molecule has 1 aliphatic heterocycles. The Balaban J connectivity index is 1.39. The number of hydrogen-bond donors (Lipinski definition) is 1. The maximum atomic E-state index is 12.0. The fraction of sp³-hybridized carbons (Fsp3) is 0.500. The van der Waals surface area contributed by atoms with Gasteiger partial charge >= 0.3 is 5.97 Å². The minimum atomic E-state index is -0.598. The molecule has 2 aliphatic rings. The first-order valence-corrected chi connectivity index (χ1v) is 9.31. The number of esters is 1. The van der Waals surface area contributed by atoms with Crippen molar-refractivity contribution in [2.45, 2.75) is 43.9 Å². The average molecular weight is 372 g/mol. The van der Waals surface area contributed by atoms with Crippen LogP contribution in [-0.4, -0.2) is 48.3 Å². The molecule has 27 heavy (non-hydrogen) atoms. The van der Waals surface area contributed by atoms with Crippen LogP contribution in [0.3, 0.4) is 0 Å². The highest BCUT2D eigenvalue weighted by Gasteiger charge is 2.38. The lowest BCUT2D eigenvalue weighted by molar-refractivity contribution is -0.149. The SMILES string of the molecule is O=C(COC(=O)CCN1C(=O)CCC1=O)NCC1(c2ccccc2)CCC1. The van der Waals surface area contributed by atoms with Gasteiger partial charge in [0, 0.05) is 31.3 Å². The van der Waals surface area contributed by atoms with E-state index in [1.165, 1.54) is 5.56 Å². The van der Waals surface area contributed by atoms with E-state index in [4.69, 9.17) is 4.74 Å². The summed E-state index contributed by atoms with van der Waals surface area (Å²) in [5, 5.41) is 2.86. The molecule has 144 valence electrons. The zero-order valence-electron chi connectivity index (χ0n) is 15.2. The van der Waals surface area contributed by atoms with Crippen LogP contribution in [-0.2, 0) is 29.3 Å². The van der Waals surface area contributed by atoms with Crippen LogP contribution in [0.2, 0.25) is 0 Å². The van der Waals surface area contributed by atoms with E-state index >= 15 is 0 Å². The zero-order chi connectivity index (χ0) is 19.3. The van der Waals surface area contributed by atoms with E-state index in [-0.39, 0.29) is 55.6 Å². The van der Waals surface area contributed by atoms with Gasteiger partial charge in [0.05, 0.1) is 6.42 Å². The topological polar surface area (TPSA) is 92.8 Å². The Morgan fingerprint density at radius 2 is 1.74 bits per heavy atom. The largest absolute Gasteiger partial charge is 0.456 e. The van der Waals surface area contributed by atoms with Crippen molar-refractivity contribution in [1.82, 2.24) is 10.2 Å². The van der Waals surface area contributed by atoms with Crippen LogP contribution in [0.4, 0.5) is 0 Å². The number of likely N-dealkylation sites (tertiary alicyclic amines) is 1. The molecule has 7 heteroatoms. The van der Waals surface area contributed by atoms with Crippen LogP contribution < -0.4 is 5.32 Å². The number of rotatable bonds is 8. The molecule has 0 aromatic heterocycles. The number of nitrogens with zero attached hydrogens (tertiary/aromatic N) is 1. The molecule has 1 N–H and O–H groups in total. The number of ether oxygens (including phenoxy) is 1. The molecule has 1 aliphatic carbocycles. The molecular formula is C20H24N2O5. The Morgan fingerprint density at radius 1 is 1.07 bits per heavy atom. The van der Waals surface area contributed by atoms with Gasteiger partial charge in [-0.2, -0.15) is 0 Å². The summed E-state index contributed by atoms with van der Waals surface area (Å²) >= 11 is 0. The van der Waals surface area contributed by atoms with Crippen molar-refractivity contribution in [3.8, 4) is 0 Å². The number of hydrogen-bond acceptors (Lipinski definition) is 5. The van der Waals surface area contributed by atoms with Crippen molar-refractivity contribution < 1.29 is 23.9 Å². The first kappa shape index (κ1) is 19.1. The highest BCUT2D eigenvalue weighted by molar-refractivity contribution is 6.02. The van der Waals surface area contributed by atoms with Crippen LogP contribution >= 0.6 is 0 Å². The minimum absolute atomic E-state index is 0.00916. The number of amides is 3. The standard InChI is InChI=1S/C20H24N2O5/c23-16(13-27-19(26)9-12-22-17(24)7-8-18(22)25)21-14-20(10-4-11-20)15-5-2-1-3-6-15/h1-3,5-6H,4,7-14H2,(H,21,23). The fourth-order valence-electron chi connectivity index (χ4n) is 3.58. The molecule has 0 spiro atoms. The highest BCUT2D eigenvalue weighted by atomic mass is 16.5. The molecule has 3 amide bonds. The van der Waals surface area contributed by atoms with E-state index in [2.05, 4.69) is 17.4 Å². The molecule has 0 bridgehead atoms. The molecule has 0 radical (unpaired) electrons. The van der Waals surface area contributed by atoms with Gasteiger partial charge in [0.2, 0.25) is 11.8 Å². The van der Waals surface area contributed by atoms with Crippen molar-refractivity contribution >= 4 is 23.7 Å². The second-order valence-corrected chi connectivity index (χ2v) is 7.13. The van der Waals surface area contributed by atoms with E-state index in [0.717, 1.165) is 24.2 Å². The number of carbonyl (C=O) groups excluding carboxylic acids is 4. The van der Waals surface area contributed by atoms with E-state index < -0.39 is 5.97 Å². The highest BCUT2D eigenvalue weighted by Crippen LogP contribution is 2.43. The molecule has 1 aromatic carbocycles. The summed E-state index contributed by atoms with van der Waals surface area (Å²) in [5.41, 5.74) is 1.19. The van der Waals surface area contributed by atoms with Gasteiger partial charge in [-0.05, 0) is 18.4 Å². The van der Waals surface area contributed by atoms with E-state index in [9.17, 15) is 19.2 Å². The van der Waals surface area contributed by atoms with Gasteiger partial charge in [-0.3, -0.25) is 24.1 Å². The van der Waals surface area contributed by atoms with Crippen LogP contribution in [0.5, 0.6) is 0 Å². The van der Waals surface area contributed by atoms with Gasteiger partial charge in [0.25, 0.3) is 5.91 Å². The first-order chi connectivity index (χ1) is 13.0. The molecule has 1 saturated heterocycles. The molecule has 1 saturated carbocycles. The summed E-state index contributed by atoms with van der Waals surface area (Å²) in [4.78, 5) is 47.8. The Bertz CT molecular complexity index is 711. The minimum Gasteiger partial charge on any atom is -0.456 e. The lowest BCUT2D eigenvalue weighted by Gasteiger charge is -2.42. The first-order valence-electron chi connectivity index (χ1n) is 9.31. The van der Waals surface area contributed by atoms with Crippen LogP contribution in [0.1, 0.15) is 44.1 Å². The Kier molecular flexibility index (Phi) is 5.88. The maximum Gasteiger partial charge on any atom is 0.308 e. The Morgan fingerprint density at radius 3 is 2.33 bits per heavy atom. The Hall–Kier alpha value is -2.70. The third-order valence-corrected chi connectivity index (χ3v) is 5.38. The molecule has 2 fully saturated rings. The fourth-order valence-corrected chi connectivity index (χ4v) is 3.58. The third-order valence-electron chi connectivity index (χ3n) is 5.38. The van der Waals surface area contributed by atoms with Gasteiger partial charge < -0.3 is 10.1 Å². The normalized spacial score (nSPS) is 18.1. The second kappa shape index (κ2) is 8.33. The van der Waals surface area contributed by atoms with Gasteiger partial charge in [-0.25, -0.2) is 0 Å². The summed E-state index contributed by atoms with van der Waals surface area (Å²) in [6.45, 7) is 0.172. The van der Waals surface area contributed by atoms with Gasteiger partial charge in [-0.1, -0.05) is 36.8 Å². The van der Waals surface area contributed by atoms with Gasteiger partial charge in [-0.15, -0.1) is 0 Å². The predicted molar refractivity (Wildman–Crippen MR) is 96.5 cm³/mol. The lowest BCUT2D eigenvalue weighted by Crippen LogP contribution is -2.46. The van der Waals surface area contributed by atoms with Crippen LogP contribution in [0, 0.1) is 0 Å². The van der Waals surface area contributed by atoms with Gasteiger partial charge in [0.1, 0.15) is 0 Å². The average Bonchev–Trinajstić information content (AvgIpc) is 2.96. The van der Waals surface area contributed by atoms with Crippen molar-refractivity contribution in [2.75, 3.05) is 19.7 Å². The predicted octanol–water partition coefficient (Wildman–Crippen LogP) is 1.31. The number of carbonyl (C=O) groups is 4. The Labute approximate surface area is 158 Å². The molecule has 0 unspecified atom stereocenters. The second-order valence-electron chi connectivity index (χ2n) is 7.13. The van der Waals surface area contributed by atoms with E-state index in [1.807, 2.05) is 18.2 Å². The summed E-state index contributed by atoms with van der Waals surface area (Å²) in [5.74, 6) is -1.48. The molecule has 1 heterocycles. The number of imide groups is 1. The lowest BCUT2D eigenvalue weighted by atomic mass is 9.64. The number of benzene rings is 1. The zero-order valence-corrected chi connectivity index (χ0v) is 15.2. The van der Waals surface area contributed by atoms with Crippen LogP contribution in [0.25, 0.3) is 0 Å². The summed E-state index contributed by atoms with van der Waals surface area (Å²) < 4.78 is 4.96. The van der Waals surface area contributed by atoms with Crippen molar-refractivity contribution in [3.05, 3.63) is 35.9 Å². The summed E-state index contributed by atoms with van der Waals surface area (Å²) in [6, 6.07) is 10.1. The molecule has 7 nitrogen and oxygen atoms in total. The molecular weight excluding hydrogens is 348 g/mol. The van der Waals surface area contributed by atoms with E-state index in [0.29, 0.717) is 6.54 Å². The molecule has 1 aromatic rings. The summed E-state index contributed by atoms with van der Waals surface area (Å²) in [7, 11) is 0. The third kappa shape index (κ3) is 4.53. The van der Waals surface area contributed by atoms with E-state index in [1.54, 1.807) is 0 Å². The van der Waals surface area contributed by atoms with Crippen molar-refractivity contribution in [2.24, 2.45) is 0 Å². The van der Waals surface area contributed by atoms with Crippen LogP contribution in [0.15, 0.2) is 30.3 Å². The maximum absolute atomic E-state index is 12.0. The van der Waals surface area contributed by atoms with Crippen molar-refractivity contribution in [1.29, 1.82) is 0 Å². The molecule has 3 rings (SSSR count). The number of nitrogens with one attached hydrogen (secondary N) is 1. The molecule has 0 atom stereocenters. The monoisotopic (exact) mass is 372 g/mol. The van der Waals surface area contributed by atoms with Gasteiger partial charge in [0.15, 0.2) is 6.61 Å². The summed E-state index contributed by atoms with van der Waals surface area (Å²) in [6.07, 6.45) is 3.47.